The van der Waals surface area contributed by atoms with Crippen LogP contribution in [-0.2, 0) is 0 Å². The Morgan fingerprint density at radius 1 is 1.17 bits per heavy atom. The van der Waals surface area contributed by atoms with Crippen molar-refractivity contribution < 1.29 is 0 Å². The summed E-state index contributed by atoms with van der Waals surface area (Å²) in [5, 5.41) is 3.45. The Morgan fingerprint density at radius 2 is 1.78 bits per heavy atom. The molecule has 0 amide bonds. The number of nitrogens with one attached hydrogen (secondary N) is 1. The normalized spacial score (nSPS) is 20.6. The van der Waals surface area contributed by atoms with E-state index in [2.05, 4.69) is 55.3 Å². The minimum absolute atomic E-state index is 0.581. The number of aryl methyl sites for hydroxylation is 1. The first-order chi connectivity index (χ1) is 8.72. The third-order valence-electron chi connectivity index (χ3n) is 4.15. The highest BCUT2D eigenvalue weighted by molar-refractivity contribution is 5.24. The van der Waals surface area contributed by atoms with Crippen LogP contribution in [0.5, 0.6) is 0 Å². The molecule has 100 valence electrons. The number of nitrogens with zero attached hydrogens (tertiary/aromatic N) is 1. The first-order valence-corrected chi connectivity index (χ1v) is 7.23. The lowest BCUT2D eigenvalue weighted by atomic mass is 9.90. The van der Waals surface area contributed by atoms with E-state index in [1.165, 1.54) is 30.6 Å². The lowest BCUT2D eigenvalue weighted by molar-refractivity contribution is 0.128. The van der Waals surface area contributed by atoms with Crippen LogP contribution in [0.2, 0.25) is 0 Å². The van der Waals surface area contributed by atoms with E-state index >= 15 is 0 Å². The zero-order chi connectivity index (χ0) is 13.0. The van der Waals surface area contributed by atoms with Gasteiger partial charge in [-0.3, -0.25) is 4.90 Å². The number of hydrogen-bond donors (Lipinski definition) is 1. The first kappa shape index (κ1) is 13.6. The average Bonchev–Trinajstić information content (AvgIpc) is 2.42. The topological polar surface area (TPSA) is 15.3 Å². The van der Waals surface area contributed by atoms with E-state index in [0.29, 0.717) is 12.0 Å². The van der Waals surface area contributed by atoms with E-state index in [1.54, 1.807) is 0 Å². The maximum absolute atomic E-state index is 3.45. The van der Waals surface area contributed by atoms with E-state index in [0.717, 1.165) is 13.1 Å². The van der Waals surface area contributed by atoms with Crippen LogP contribution in [0.15, 0.2) is 24.3 Å². The molecule has 1 heterocycles. The molecule has 2 heteroatoms. The molecule has 1 fully saturated rings. The van der Waals surface area contributed by atoms with Crippen LogP contribution in [-0.4, -0.2) is 31.1 Å². The van der Waals surface area contributed by atoms with Crippen LogP contribution < -0.4 is 5.32 Å². The van der Waals surface area contributed by atoms with Gasteiger partial charge in [-0.1, -0.05) is 50.1 Å². The maximum atomic E-state index is 3.45. The highest BCUT2D eigenvalue weighted by Crippen LogP contribution is 2.31. The minimum Gasteiger partial charge on any atom is -0.314 e. The number of piperazine rings is 1. The molecule has 1 aromatic rings. The average molecular weight is 246 g/mol. The molecule has 0 aliphatic carbocycles. The molecule has 0 spiro atoms. The minimum atomic E-state index is 0.581. The lowest BCUT2D eigenvalue weighted by Gasteiger charge is -2.38. The van der Waals surface area contributed by atoms with Gasteiger partial charge in [0.05, 0.1) is 0 Å². The summed E-state index contributed by atoms with van der Waals surface area (Å²) in [6.45, 7) is 11.4. The van der Waals surface area contributed by atoms with Crippen molar-refractivity contribution in [2.24, 2.45) is 5.92 Å². The Morgan fingerprint density at radius 3 is 2.33 bits per heavy atom. The van der Waals surface area contributed by atoms with Gasteiger partial charge in [-0.25, -0.2) is 0 Å². The second-order valence-electron chi connectivity index (χ2n) is 5.53. The van der Waals surface area contributed by atoms with Gasteiger partial charge in [0.25, 0.3) is 0 Å². The summed E-state index contributed by atoms with van der Waals surface area (Å²) in [5.74, 6) is 0.714. The van der Waals surface area contributed by atoms with Gasteiger partial charge in [0, 0.05) is 32.2 Å². The van der Waals surface area contributed by atoms with Gasteiger partial charge < -0.3 is 5.32 Å². The maximum Gasteiger partial charge on any atom is 0.0374 e. The number of rotatable bonds is 4. The third-order valence-corrected chi connectivity index (χ3v) is 4.15. The molecule has 1 aromatic carbocycles. The van der Waals surface area contributed by atoms with Crippen molar-refractivity contribution in [2.45, 2.75) is 33.2 Å². The standard InChI is InChI=1S/C16H26N2/c1-4-14(3)16(18-11-9-17-10-12-18)15-7-5-13(2)6-8-15/h5-8,14,16-17H,4,9-12H2,1-3H3/t14?,16-/m1/s1. The van der Waals surface area contributed by atoms with Crippen molar-refractivity contribution in [1.29, 1.82) is 0 Å². The summed E-state index contributed by atoms with van der Waals surface area (Å²) in [7, 11) is 0. The van der Waals surface area contributed by atoms with Crippen LogP contribution in [0, 0.1) is 12.8 Å². The van der Waals surface area contributed by atoms with Crippen molar-refractivity contribution in [3.63, 3.8) is 0 Å². The molecule has 1 saturated heterocycles. The monoisotopic (exact) mass is 246 g/mol. The molecule has 2 rings (SSSR count). The van der Waals surface area contributed by atoms with Crippen molar-refractivity contribution in [3.8, 4) is 0 Å². The van der Waals surface area contributed by atoms with Crippen LogP contribution in [0.1, 0.15) is 37.4 Å². The van der Waals surface area contributed by atoms with Gasteiger partial charge in [-0.15, -0.1) is 0 Å². The Hall–Kier alpha value is -0.860. The molecular formula is C16H26N2. The largest absolute Gasteiger partial charge is 0.314 e. The van der Waals surface area contributed by atoms with Crippen molar-refractivity contribution in [1.82, 2.24) is 10.2 Å². The van der Waals surface area contributed by atoms with Crippen LogP contribution in [0.25, 0.3) is 0 Å². The first-order valence-electron chi connectivity index (χ1n) is 7.23. The Balaban J connectivity index is 2.20. The Kier molecular flexibility index (Phi) is 4.79. The van der Waals surface area contributed by atoms with Crippen LogP contribution >= 0.6 is 0 Å². The fourth-order valence-electron chi connectivity index (χ4n) is 2.85. The van der Waals surface area contributed by atoms with E-state index in [1.807, 2.05) is 0 Å². The summed E-state index contributed by atoms with van der Waals surface area (Å²) in [6, 6.07) is 9.69. The van der Waals surface area contributed by atoms with Crippen molar-refractivity contribution in [2.75, 3.05) is 26.2 Å². The zero-order valence-corrected chi connectivity index (χ0v) is 11.9. The zero-order valence-electron chi connectivity index (χ0n) is 11.9. The van der Waals surface area contributed by atoms with Gasteiger partial charge in [-0.2, -0.15) is 0 Å². The highest BCUT2D eigenvalue weighted by Gasteiger charge is 2.26. The molecule has 18 heavy (non-hydrogen) atoms. The fraction of sp³-hybridized carbons (Fsp3) is 0.625. The van der Waals surface area contributed by atoms with E-state index in [9.17, 15) is 0 Å². The molecule has 2 nitrogen and oxygen atoms in total. The fourth-order valence-corrected chi connectivity index (χ4v) is 2.85. The molecule has 0 aromatic heterocycles. The number of hydrogen-bond acceptors (Lipinski definition) is 2. The summed E-state index contributed by atoms with van der Waals surface area (Å²) >= 11 is 0. The summed E-state index contributed by atoms with van der Waals surface area (Å²) in [4.78, 5) is 2.65. The van der Waals surface area contributed by atoms with Crippen LogP contribution in [0.3, 0.4) is 0 Å². The molecule has 2 atom stereocenters. The summed E-state index contributed by atoms with van der Waals surface area (Å²) in [6.07, 6.45) is 1.24. The predicted octanol–water partition coefficient (Wildman–Crippen LogP) is 2.99. The Labute approximate surface area is 111 Å². The van der Waals surface area contributed by atoms with Gasteiger partial charge in [0.2, 0.25) is 0 Å². The predicted molar refractivity (Wildman–Crippen MR) is 77.8 cm³/mol. The molecule has 1 aliphatic rings. The van der Waals surface area contributed by atoms with Gasteiger partial charge in [-0.05, 0) is 18.4 Å². The molecule has 1 aliphatic heterocycles. The summed E-state index contributed by atoms with van der Waals surface area (Å²) in [5.41, 5.74) is 2.83. The lowest BCUT2D eigenvalue weighted by Crippen LogP contribution is -2.46. The van der Waals surface area contributed by atoms with Gasteiger partial charge >= 0.3 is 0 Å². The van der Waals surface area contributed by atoms with Gasteiger partial charge in [0.1, 0.15) is 0 Å². The SMILES string of the molecule is CCC(C)[C@H](c1ccc(C)cc1)N1CCNCC1. The van der Waals surface area contributed by atoms with Crippen LogP contribution in [0.4, 0.5) is 0 Å². The molecular weight excluding hydrogens is 220 g/mol. The molecule has 1 N–H and O–H groups in total. The van der Waals surface area contributed by atoms with E-state index in [4.69, 9.17) is 0 Å². The van der Waals surface area contributed by atoms with Crippen molar-refractivity contribution >= 4 is 0 Å². The smallest absolute Gasteiger partial charge is 0.0374 e. The van der Waals surface area contributed by atoms with E-state index < -0.39 is 0 Å². The molecule has 1 unspecified atom stereocenters. The quantitative estimate of drug-likeness (QED) is 0.878. The second kappa shape index (κ2) is 6.35. The van der Waals surface area contributed by atoms with E-state index in [-0.39, 0.29) is 0 Å². The highest BCUT2D eigenvalue weighted by atomic mass is 15.2. The molecule has 0 bridgehead atoms. The second-order valence-corrected chi connectivity index (χ2v) is 5.53. The van der Waals surface area contributed by atoms with Gasteiger partial charge in [0.15, 0.2) is 0 Å². The molecule has 0 radical (unpaired) electrons. The third kappa shape index (κ3) is 3.12. The number of benzene rings is 1. The molecule has 0 saturated carbocycles. The van der Waals surface area contributed by atoms with Crippen molar-refractivity contribution in [3.05, 3.63) is 35.4 Å². The summed E-state index contributed by atoms with van der Waals surface area (Å²) < 4.78 is 0. The Bertz CT molecular complexity index is 352.